The minimum Gasteiger partial charge on any atom is -0.365 e. The van der Waals surface area contributed by atoms with E-state index >= 15 is 0 Å². The second kappa shape index (κ2) is 2.49. The minimum atomic E-state index is 0.192. The first-order chi connectivity index (χ1) is 4.29. The zero-order valence-electron chi connectivity index (χ0n) is 5.35. The second-order valence-electron chi connectivity index (χ2n) is 2.07. The van der Waals surface area contributed by atoms with E-state index in [0.29, 0.717) is 6.42 Å². The minimum absolute atomic E-state index is 0.192. The number of hydrogen-bond acceptors (Lipinski definition) is 1. The highest BCUT2D eigenvalue weighted by atomic mass is 16.1. The van der Waals surface area contributed by atoms with Crippen molar-refractivity contribution in [1.29, 1.82) is 0 Å². The third-order valence-corrected chi connectivity index (χ3v) is 1.10. The summed E-state index contributed by atoms with van der Waals surface area (Å²) in [6.07, 6.45) is 2.34. The summed E-state index contributed by atoms with van der Waals surface area (Å²) in [4.78, 5) is 13.4. The van der Waals surface area contributed by atoms with Crippen LogP contribution in [0.1, 0.15) is 12.6 Å². The van der Waals surface area contributed by atoms with Gasteiger partial charge in [-0.2, -0.15) is 0 Å². The molecule has 0 fully saturated rings. The van der Waals surface area contributed by atoms with Crippen molar-refractivity contribution in [2.45, 2.75) is 13.3 Å². The van der Waals surface area contributed by atoms with E-state index in [1.807, 2.05) is 18.3 Å². The lowest BCUT2D eigenvalue weighted by Gasteiger charge is -1.87. The molecule has 0 saturated heterocycles. The third kappa shape index (κ3) is 1.72. The molecule has 1 heterocycles. The highest BCUT2D eigenvalue weighted by molar-refractivity contribution is 5.77. The molecule has 0 unspecified atom stereocenters. The van der Waals surface area contributed by atoms with E-state index in [9.17, 15) is 4.79 Å². The molecular formula is C7H9NO. The van der Waals surface area contributed by atoms with Gasteiger partial charge in [0.25, 0.3) is 0 Å². The molecular weight excluding hydrogens is 114 g/mol. The van der Waals surface area contributed by atoms with Crippen LogP contribution in [-0.4, -0.2) is 10.8 Å². The van der Waals surface area contributed by atoms with E-state index in [0.717, 1.165) is 5.69 Å². The molecule has 2 heteroatoms. The van der Waals surface area contributed by atoms with E-state index in [4.69, 9.17) is 0 Å². The van der Waals surface area contributed by atoms with Crippen LogP contribution in [0, 0.1) is 0 Å². The maximum absolute atomic E-state index is 10.5. The van der Waals surface area contributed by atoms with Gasteiger partial charge in [-0.15, -0.1) is 0 Å². The zero-order valence-corrected chi connectivity index (χ0v) is 5.35. The first-order valence-electron chi connectivity index (χ1n) is 2.91. The summed E-state index contributed by atoms with van der Waals surface area (Å²) in [5, 5.41) is 0. The summed E-state index contributed by atoms with van der Waals surface area (Å²) in [7, 11) is 0. The van der Waals surface area contributed by atoms with Crippen molar-refractivity contribution >= 4 is 5.78 Å². The number of nitrogens with one attached hydrogen (secondary N) is 1. The predicted octanol–water partition coefficient (Wildman–Crippen LogP) is 1.15. The smallest absolute Gasteiger partial charge is 0.135 e. The lowest BCUT2D eigenvalue weighted by atomic mass is 10.2. The van der Waals surface area contributed by atoms with Gasteiger partial charge in [-0.05, 0) is 19.1 Å². The summed E-state index contributed by atoms with van der Waals surface area (Å²) in [6, 6.07) is 3.79. The maximum Gasteiger partial charge on any atom is 0.135 e. The molecule has 1 aromatic heterocycles. The van der Waals surface area contributed by atoms with Crippen molar-refractivity contribution in [3.63, 3.8) is 0 Å². The third-order valence-electron chi connectivity index (χ3n) is 1.10. The number of H-pyrrole nitrogens is 1. The number of hydrogen-bond donors (Lipinski definition) is 1. The molecule has 1 rings (SSSR count). The predicted molar refractivity (Wildman–Crippen MR) is 35.2 cm³/mol. The molecule has 9 heavy (non-hydrogen) atoms. The molecule has 2 nitrogen and oxygen atoms in total. The van der Waals surface area contributed by atoms with Gasteiger partial charge in [0.15, 0.2) is 0 Å². The molecule has 0 bridgehead atoms. The highest BCUT2D eigenvalue weighted by Gasteiger charge is 1.94. The van der Waals surface area contributed by atoms with Crippen LogP contribution in [0.15, 0.2) is 18.3 Å². The van der Waals surface area contributed by atoms with Gasteiger partial charge in [-0.25, -0.2) is 0 Å². The summed E-state index contributed by atoms with van der Waals surface area (Å²) in [5.74, 6) is 0.192. The average Bonchev–Trinajstić information content (AvgIpc) is 2.15. The van der Waals surface area contributed by atoms with E-state index < -0.39 is 0 Å². The Morgan fingerprint density at radius 2 is 2.56 bits per heavy atom. The van der Waals surface area contributed by atoms with Crippen molar-refractivity contribution in [2.24, 2.45) is 0 Å². The molecule has 0 aliphatic heterocycles. The fourth-order valence-electron chi connectivity index (χ4n) is 0.746. The molecule has 0 spiro atoms. The summed E-state index contributed by atoms with van der Waals surface area (Å²) < 4.78 is 0. The first kappa shape index (κ1) is 6.08. The van der Waals surface area contributed by atoms with E-state index in [2.05, 4.69) is 4.98 Å². The molecule has 0 aromatic carbocycles. The number of ketones is 1. The Hall–Kier alpha value is -1.05. The molecule has 0 amide bonds. The van der Waals surface area contributed by atoms with Crippen LogP contribution in [-0.2, 0) is 11.2 Å². The fourth-order valence-corrected chi connectivity index (χ4v) is 0.746. The van der Waals surface area contributed by atoms with E-state index in [-0.39, 0.29) is 5.78 Å². The highest BCUT2D eigenvalue weighted by Crippen LogP contribution is 1.94. The number of aromatic amines is 1. The van der Waals surface area contributed by atoms with Gasteiger partial charge < -0.3 is 4.98 Å². The van der Waals surface area contributed by atoms with E-state index in [1.54, 1.807) is 6.92 Å². The van der Waals surface area contributed by atoms with E-state index in [1.165, 1.54) is 0 Å². The molecule has 0 aliphatic carbocycles. The van der Waals surface area contributed by atoms with Gasteiger partial charge in [-0.3, -0.25) is 4.79 Å². The molecule has 0 atom stereocenters. The normalized spacial score (nSPS) is 9.44. The van der Waals surface area contributed by atoms with Gasteiger partial charge >= 0.3 is 0 Å². The lowest BCUT2D eigenvalue weighted by molar-refractivity contribution is -0.116. The standard InChI is InChI=1S/C7H9NO/c1-6(9)5-7-3-2-4-8-7/h2-4,8H,5H2,1H3. The molecule has 1 aromatic rings. The monoisotopic (exact) mass is 123 g/mol. The van der Waals surface area contributed by atoms with Crippen molar-refractivity contribution in [2.75, 3.05) is 0 Å². The lowest BCUT2D eigenvalue weighted by Crippen LogP contribution is -1.95. The Morgan fingerprint density at radius 3 is 3.00 bits per heavy atom. The number of Topliss-reactive ketones (excluding diaryl/α,β-unsaturated/α-hetero) is 1. The quantitative estimate of drug-likeness (QED) is 0.628. The molecule has 0 aliphatic rings. The Kier molecular flexibility index (Phi) is 1.68. The zero-order chi connectivity index (χ0) is 6.69. The van der Waals surface area contributed by atoms with Crippen molar-refractivity contribution in [1.82, 2.24) is 4.98 Å². The molecule has 0 radical (unpaired) electrons. The fraction of sp³-hybridized carbons (Fsp3) is 0.286. The van der Waals surface area contributed by atoms with Gasteiger partial charge in [0.1, 0.15) is 5.78 Å². The van der Waals surface area contributed by atoms with Gasteiger partial charge in [0.2, 0.25) is 0 Å². The number of carbonyl (C=O) groups excluding carboxylic acids is 1. The van der Waals surface area contributed by atoms with Crippen LogP contribution in [0.4, 0.5) is 0 Å². The molecule has 0 saturated carbocycles. The Morgan fingerprint density at radius 1 is 1.78 bits per heavy atom. The SMILES string of the molecule is CC(=O)Cc1ccc[nH]1. The van der Waals surface area contributed by atoms with Gasteiger partial charge in [-0.1, -0.05) is 0 Å². The van der Waals surface area contributed by atoms with Gasteiger partial charge in [0, 0.05) is 18.3 Å². The summed E-state index contributed by atoms with van der Waals surface area (Å²) >= 11 is 0. The maximum atomic E-state index is 10.5. The first-order valence-corrected chi connectivity index (χ1v) is 2.91. The van der Waals surface area contributed by atoms with Crippen LogP contribution in [0.3, 0.4) is 0 Å². The summed E-state index contributed by atoms with van der Waals surface area (Å²) in [5.41, 5.74) is 0.988. The molecule has 48 valence electrons. The Balaban J connectivity index is 2.58. The van der Waals surface area contributed by atoms with Crippen LogP contribution in [0.25, 0.3) is 0 Å². The van der Waals surface area contributed by atoms with Crippen LogP contribution in [0.2, 0.25) is 0 Å². The largest absolute Gasteiger partial charge is 0.365 e. The van der Waals surface area contributed by atoms with Crippen LogP contribution >= 0.6 is 0 Å². The number of rotatable bonds is 2. The van der Waals surface area contributed by atoms with Crippen molar-refractivity contribution in [3.05, 3.63) is 24.0 Å². The number of carbonyl (C=O) groups is 1. The average molecular weight is 123 g/mol. The Bertz CT molecular complexity index is 189. The Labute approximate surface area is 53.9 Å². The van der Waals surface area contributed by atoms with Gasteiger partial charge in [0.05, 0.1) is 0 Å². The second-order valence-corrected chi connectivity index (χ2v) is 2.07. The topological polar surface area (TPSA) is 32.9 Å². The molecule has 1 N–H and O–H groups in total. The van der Waals surface area contributed by atoms with Crippen LogP contribution in [0.5, 0.6) is 0 Å². The van der Waals surface area contributed by atoms with Crippen molar-refractivity contribution < 1.29 is 4.79 Å². The van der Waals surface area contributed by atoms with Crippen LogP contribution < -0.4 is 0 Å². The summed E-state index contributed by atoms with van der Waals surface area (Å²) in [6.45, 7) is 1.58. The number of aromatic nitrogens is 1. The van der Waals surface area contributed by atoms with Crippen molar-refractivity contribution in [3.8, 4) is 0 Å².